The van der Waals surface area contributed by atoms with E-state index >= 15 is 0 Å². The first-order valence-electron chi connectivity index (χ1n) is 8.77. The number of hydrogen-bond donors (Lipinski definition) is 1. The highest BCUT2D eigenvalue weighted by atomic mass is 19.4. The van der Waals surface area contributed by atoms with E-state index in [0.29, 0.717) is 24.0 Å². The molecule has 0 aromatic heterocycles. The van der Waals surface area contributed by atoms with Gasteiger partial charge in [0.2, 0.25) is 0 Å². The molecule has 4 nitrogen and oxygen atoms in total. The number of carboxylic acid groups (broad SMARTS) is 1. The van der Waals surface area contributed by atoms with Crippen LogP contribution in [0.4, 0.5) is 17.6 Å². The maximum Gasteiger partial charge on any atom is 0.416 e. The van der Waals surface area contributed by atoms with Crippen LogP contribution in [0.15, 0.2) is 30.3 Å². The number of hydrogen-bond acceptors (Lipinski definition) is 3. The van der Waals surface area contributed by atoms with Gasteiger partial charge >= 0.3 is 12.1 Å². The molecule has 0 unspecified atom stereocenters. The van der Waals surface area contributed by atoms with Crippen LogP contribution in [0.5, 0.6) is 11.5 Å². The number of carboxylic acids is 1. The Morgan fingerprint density at radius 3 is 2.71 bits per heavy atom. The highest BCUT2D eigenvalue weighted by molar-refractivity contribution is 5.68. The van der Waals surface area contributed by atoms with Gasteiger partial charge in [0.25, 0.3) is 0 Å². The molecule has 8 heteroatoms. The van der Waals surface area contributed by atoms with Crippen molar-refractivity contribution in [1.82, 2.24) is 0 Å². The molecule has 2 aliphatic rings. The normalized spacial score (nSPS) is 20.4. The van der Waals surface area contributed by atoms with Gasteiger partial charge in [-0.2, -0.15) is 13.2 Å². The Labute approximate surface area is 157 Å². The summed E-state index contributed by atoms with van der Waals surface area (Å²) in [4.78, 5) is 10.9. The minimum absolute atomic E-state index is 0.0529. The highest BCUT2D eigenvalue weighted by Gasteiger charge is 2.39. The summed E-state index contributed by atoms with van der Waals surface area (Å²) in [5.74, 6) is -1.25. The van der Waals surface area contributed by atoms with E-state index in [0.717, 1.165) is 11.6 Å². The van der Waals surface area contributed by atoms with Crippen molar-refractivity contribution in [1.29, 1.82) is 0 Å². The van der Waals surface area contributed by atoms with Gasteiger partial charge in [-0.3, -0.25) is 4.79 Å². The molecule has 28 heavy (non-hydrogen) atoms. The molecule has 0 spiro atoms. The summed E-state index contributed by atoms with van der Waals surface area (Å²) >= 11 is 0. The molecule has 1 heterocycles. The summed E-state index contributed by atoms with van der Waals surface area (Å²) in [5.41, 5.74) is 0.0738. The largest absolute Gasteiger partial charge is 0.492 e. The van der Waals surface area contributed by atoms with Gasteiger partial charge in [-0.25, -0.2) is 4.39 Å². The summed E-state index contributed by atoms with van der Waals surface area (Å²) in [5, 5.41) is 8.95. The lowest BCUT2D eigenvalue weighted by molar-refractivity contribution is -0.139. The van der Waals surface area contributed by atoms with Crippen LogP contribution in [0.3, 0.4) is 0 Å². The molecular formula is C20H16F4O4. The van der Waals surface area contributed by atoms with Crippen molar-refractivity contribution < 1.29 is 36.9 Å². The second kappa shape index (κ2) is 6.68. The fourth-order valence-corrected chi connectivity index (χ4v) is 3.90. The van der Waals surface area contributed by atoms with Crippen LogP contribution in [-0.2, 0) is 17.4 Å². The molecule has 2 aromatic rings. The Hall–Kier alpha value is -2.77. The van der Waals surface area contributed by atoms with Crippen molar-refractivity contribution >= 4 is 5.97 Å². The first-order chi connectivity index (χ1) is 13.2. The summed E-state index contributed by atoms with van der Waals surface area (Å²) in [6, 6.07) is 6.54. The van der Waals surface area contributed by atoms with E-state index in [1.54, 1.807) is 18.2 Å². The highest BCUT2D eigenvalue weighted by Crippen LogP contribution is 2.44. The van der Waals surface area contributed by atoms with Crippen LogP contribution >= 0.6 is 0 Å². The zero-order valence-electron chi connectivity index (χ0n) is 14.6. The Bertz CT molecular complexity index is 939. The number of alkyl halides is 3. The maximum atomic E-state index is 13.8. The molecule has 1 aliphatic carbocycles. The van der Waals surface area contributed by atoms with Gasteiger partial charge in [0, 0.05) is 17.5 Å². The minimum Gasteiger partial charge on any atom is -0.492 e. The summed E-state index contributed by atoms with van der Waals surface area (Å²) in [7, 11) is 0. The van der Waals surface area contributed by atoms with Gasteiger partial charge in [-0.05, 0) is 42.2 Å². The number of aliphatic carboxylic acids is 1. The van der Waals surface area contributed by atoms with E-state index in [1.807, 2.05) is 0 Å². The molecule has 0 saturated heterocycles. The van der Waals surface area contributed by atoms with Gasteiger partial charge in [-0.15, -0.1) is 0 Å². The van der Waals surface area contributed by atoms with Gasteiger partial charge in [-0.1, -0.05) is 6.07 Å². The van der Waals surface area contributed by atoms with Crippen LogP contribution in [-0.4, -0.2) is 17.7 Å². The third kappa shape index (κ3) is 3.39. The second-order valence-corrected chi connectivity index (χ2v) is 6.97. The van der Waals surface area contributed by atoms with E-state index in [9.17, 15) is 22.4 Å². The monoisotopic (exact) mass is 396 g/mol. The quantitative estimate of drug-likeness (QED) is 0.750. The Kier molecular flexibility index (Phi) is 4.44. The second-order valence-electron chi connectivity index (χ2n) is 6.97. The molecule has 0 bridgehead atoms. The molecule has 1 N–H and O–H groups in total. The van der Waals surface area contributed by atoms with Gasteiger partial charge in [0.05, 0.1) is 18.6 Å². The van der Waals surface area contributed by atoms with Crippen molar-refractivity contribution in [2.75, 3.05) is 6.61 Å². The number of rotatable bonds is 4. The Balaban J connectivity index is 1.58. The third-order valence-corrected chi connectivity index (χ3v) is 5.12. The third-order valence-electron chi connectivity index (χ3n) is 5.12. The Morgan fingerprint density at radius 1 is 1.21 bits per heavy atom. The van der Waals surface area contributed by atoms with Crippen LogP contribution in [0.2, 0.25) is 0 Å². The van der Waals surface area contributed by atoms with E-state index in [2.05, 4.69) is 0 Å². The van der Waals surface area contributed by atoms with E-state index in [4.69, 9.17) is 14.6 Å². The number of benzene rings is 2. The SMILES string of the molecule is O=C(O)C[C@@H]1COc2cc(O[C@@H]3CCc4c3cc(F)cc4C(F)(F)F)ccc21. The zero-order chi connectivity index (χ0) is 20.1. The van der Waals surface area contributed by atoms with Gasteiger partial charge < -0.3 is 14.6 Å². The van der Waals surface area contributed by atoms with E-state index in [-0.39, 0.29) is 36.5 Å². The van der Waals surface area contributed by atoms with Crippen LogP contribution in [0.25, 0.3) is 0 Å². The molecule has 148 valence electrons. The smallest absolute Gasteiger partial charge is 0.416 e. The van der Waals surface area contributed by atoms with Crippen LogP contribution in [0.1, 0.15) is 47.1 Å². The van der Waals surface area contributed by atoms with Gasteiger partial charge in [0.1, 0.15) is 23.4 Å². The molecule has 2 aromatic carbocycles. The lowest BCUT2D eigenvalue weighted by Gasteiger charge is -2.17. The van der Waals surface area contributed by atoms with Gasteiger partial charge in [0.15, 0.2) is 0 Å². The van der Waals surface area contributed by atoms with E-state index < -0.39 is 29.6 Å². The van der Waals surface area contributed by atoms with Crippen molar-refractivity contribution in [2.45, 2.75) is 37.5 Å². The summed E-state index contributed by atoms with van der Waals surface area (Å²) in [6.45, 7) is 0.248. The molecule has 0 radical (unpaired) electrons. The molecule has 1 aliphatic heterocycles. The molecule has 0 fully saturated rings. The lowest BCUT2D eigenvalue weighted by atomic mass is 9.98. The molecule has 0 amide bonds. The summed E-state index contributed by atoms with van der Waals surface area (Å²) in [6.07, 6.45) is -4.91. The topological polar surface area (TPSA) is 55.8 Å². The standard InChI is InChI=1S/C20H16F4O4/c21-11-6-15-14(16(7-11)20(22,23)24)3-4-17(15)28-12-1-2-13-10(5-19(25)26)9-27-18(13)8-12/h1-2,6-8,10,17H,3-5,9H2,(H,25,26)/t10-,17-/m1/s1. The first-order valence-corrected chi connectivity index (χ1v) is 8.77. The fourth-order valence-electron chi connectivity index (χ4n) is 3.90. The molecule has 2 atom stereocenters. The first kappa shape index (κ1) is 18.6. The number of halogens is 4. The van der Waals surface area contributed by atoms with Crippen LogP contribution in [0, 0.1) is 5.82 Å². The van der Waals surface area contributed by atoms with Crippen molar-refractivity contribution in [3.63, 3.8) is 0 Å². The predicted molar refractivity (Wildman–Crippen MR) is 90.0 cm³/mol. The maximum absolute atomic E-state index is 13.8. The average molecular weight is 396 g/mol. The van der Waals surface area contributed by atoms with Crippen molar-refractivity contribution in [3.05, 3.63) is 58.4 Å². The lowest BCUT2D eigenvalue weighted by Crippen LogP contribution is -2.11. The predicted octanol–water partition coefficient (Wildman–Crippen LogP) is 4.86. The molecule has 4 rings (SSSR count). The van der Waals surface area contributed by atoms with Crippen LogP contribution < -0.4 is 9.47 Å². The molecular weight excluding hydrogens is 380 g/mol. The number of ether oxygens (including phenoxy) is 2. The van der Waals surface area contributed by atoms with Crippen molar-refractivity contribution in [3.8, 4) is 11.5 Å². The summed E-state index contributed by atoms with van der Waals surface area (Å²) < 4.78 is 64.7. The van der Waals surface area contributed by atoms with E-state index in [1.165, 1.54) is 0 Å². The zero-order valence-corrected chi connectivity index (χ0v) is 14.6. The average Bonchev–Trinajstić information content (AvgIpc) is 3.17. The number of carbonyl (C=O) groups is 1. The number of fused-ring (bicyclic) bond motifs is 2. The van der Waals surface area contributed by atoms with Crippen molar-refractivity contribution in [2.24, 2.45) is 0 Å². The molecule has 0 saturated carbocycles. The fraction of sp³-hybridized carbons (Fsp3) is 0.350. The Morgan fingerprint density at radius 2 is 2.00 bits per heavy atom. The minimum atomic E-state index is -4.62.